The van der Waals surface area contributed by atoms with Gasteiger partial charge in [-0.2, -0.15) is 0 Å². The second kappa shape index (κ2) is 5.09. The highest BCUT2D eigenvalue weighted by Crippen LogP contribution is 2.34. The van der Waals surface area contributed by atoms with Crippen LogP contribution in [0.2, 0.25) is 0 Å². The van der Waals surface area contributed by atoms with E-state index in [0.717, 1.165) is 48.8 Å². The van der Waals surface area contributed by atoms with Gasteiger partial charge in [-0.3, -0.25) is 0 Å². The van der Waals surface area contributed by atoms with E-state index in [1.165, 1.54) is 11.3 Å². The minimum absolute atomic E-state index is 0.246. The highest BCUT2D eigenvalue weighted by Gasteiger charge is 2.37. The van der Waals surface area contributed by atoms with Crippen LogP contribution in [0.1, 0.15) is 22.3 Å². The molecule has 5 nitrogen and oxygen atoms in total. The monoisotopic (exact) mass is 281 g/mol. The van der Waals surface area contributed by atoms with Crippen LogP contribution in [0.25, 0.3) is 0 Å². The molecule has 3 rings (SSSR count). The molecule has 2 fully saturated rings. The Morgan fingerprint density at radius 1 is 1.47 bits per heavy atom. The molecule has 2 aliphatic rings. The standard InChI is InChI=1S/C13H19N3O2S/c1-3-18-12(17)11-8(2)15-13(19-11)16-6-9-4-14-5-10(9)7-16/h9-10,14H,3-7H2,1-2H3. The quantitative estimate of drug-likeness (QED) is 0.846. The number of hydrogen-bond acceptors (Lipinski definition) is 6. The number of carbonyl (C=O) groups excluding carboxylic acids is 1. The van der Waals surface area contributed by atoms with Crippen LogP contribution < -0.4 is 10.2 Å². The van der Waals surface area contributed by atoms with Crippen molar-refractivity contribution >= 4 is 22.4 Å². The van der Waals surface area contributed by atoms with Gasteiger partial charge in [0.1, 0.15) is 4.88 Å². The van der Waals surface area contributed by atoms with Crippen LogP contribution in [0, 0.1) is 18.8 Å². The van der Waals surface area contributed by atoms with E-state index < -0.39 is 0 Å². The molecule has 104 valence electrons. The van der Waals surface area contributed by atoms with Crippen molar-refractivity contribution in [2.45, 2.75) is 13.8 Å². The highest BCUT2D eigenvalue weighted by atomic mass is 32.1. The van der Waals surface area contributed by atoms with Gasteiger partial charge in [-0.1, -0.05) is 11.3 Å². The first kappa shape index (κ1) is 12.9. The van der Waals surface area contributed by atoms with Crippen molar-refractivity contribution in [3.63, 3.8) is 0 Å². The molecule has 0 aliphatic carbocycles. The predicted molar refractivity (Wildman–Crippen MR) is 74.9 cm³/mol. The third-order valence-corrected chi connectivity index (χ3v) is 5.10. The lowest BCUT2D eigenvalue weighted by Crippen LogP contribution is -2.25. The SMILES string of the molecule is CCOC(=O)c1sc(N2CC3CNCC3C2)nc1C. The van der Waals surface area contributed by atoms with Crippen LogP contribution >= 0.6 is 11.3 Å². The Kier molecular flexibility index (Phi) is 3.45. The summed E-state index contributed by atoms with van der Waals surface area (Å²) in [7, 11) is 0. The van der Waals surface area contributed by atoms with Crippen LogP contribution in [0.15, 0.2) is 0 Å². The van der Waals surface area contributed by atoms with Gasteiger partial charge in [0.2, 0.25) is 0 Å². The first-order valence-electron chi connectivity index (χ1n) is 6.79. The van der Waals surface area contributed by atoms with E-state index in [9.17, 15) is 4.79 Å². The Labute approximate surface area is 117 Å². The number of rotatable bonds is 3. The number of anilines is 1. The lowest BCUT2D eigenvalue weighted by Gasteiger charge is -2.15. The van der Waals surface area contributed by atoms with Gasteiger partial charge in [-0.05, 0) is 25.7 Å². The van der Waals surface area contributed by atoms with E-state index in [1.54, 1.807) is 0 Å². The van der Waals surface area contributed by atoms with Gasteiger partial charge in [0.15, 0.2) is 5.13 Å². The Bertz CT molecular complexity index is 476. The molecule has 0 saturated carbocycles. The molecule has 0 spiro atoms. The van der Waals surface area contributed by atoms with Gasteiger partial charge in [0.05, 0.1) is 12.3 Å². The lowest BCUT2D eigenvalue weighted by atomic mass is 10.0. The fourth-order valence-electron chi connectivity index (χ4n) is 2.92. The average Bonchev–Trinajstić information content (AvgIpc) is 3.01. The summed E-state index contributed by atoms with van der Waals surface area (Å²) in [4.78, 5) is 19.3. The lowest BCUT2D eigenvalue weighted by molar-refractivity contribution is 0.0531. The summed E-state index contributed by atoms with van der Waals surface area (Å²) in [6, 6.07) is 0. The van der Waals surface area contributed by atoms with Gasteiger partial charge < -0.3 is 15.0 Å². The number of hydrogen-bond donors (Lipinski definition) is 1. The second-order valence-corrected chi connectivity index (χ2v) is 6.19. The zero-order valence-corrected chi connectivity index (χ0v) is 12.1. The number of ether oxygens (including phenoxy) is 1. The molecule has 2 atom stereocenters. The van der Waals surface area contributed by atoms with Crippen molar-refractivity contribution in [2.75, 3.05) is 37.7 Å². The fraction of sp³-hybridized carbons (Fsp3) is 0.692. The number of aryl methyl sites for hydroxylation is 1. The van der Waals surface area contributed by atoms with E-state index >= 15 is 0 Å². The summed E-state index contributed by atoms with van der Waals surface area (Å²) in [5, 5.41) is 4.40. The zero-order valence-electron chi connectivity index (χ0n) is 11.3. The smallest absolute Gasteiger partial charge is 0.350 e. The molecule has 3 heterocycles. The number of aromatic nitrogens is 1. The van der Waals surface area contributed by atoms with Crippen LogP contribution in [0.3, 0.4) is 0 Å². The van der Waals surface area contributed by atoms with Crippen molar-refractivity contribution in [3.8, 4) is 0 Å². The molecule has 0 radical (unpaired) electrons. The molecule has 19 heavy (non-hydrogen) atoms. The molecule has 1 N–H and O–H groups in total. The van der Waals surface area contributed by atoms with Crippen molar-refractivity contribution in [1.82, 2.24) is 10.3 Å². The third kappa shape index (κ3) is 2.34. The minimum Gasteiger partial charge on any atom is -0.462 e. The normalized spacial score (nSPS) is 25.7. The Balaban J connectivity index is 1.76. The van der Waals surface area contributed by atoms with Gasteiger partial charge >= 0.3 is 5.97 Å². The molecule has 0 amide bonds. The summed E-state index contributed by atoms with van der Waals surface area (Å²) in [6.07, 6.45) is 0. The van der Waals surface area contributed by atoms with E-state index in [2.05, 4.69) is 15.2 Å². The maximum absolute atomic E-state index is 11.8. The summed E-state index contributed by atoms with van der Waals surface area (Å²) in [5.74, 6) is 1.22. The van der Waals surface area contributed by atoms with Crippen LogP contribution in [-0.4, -0.2) is 43.7 Å². The van der Waals surface area contributed by atoms with Gasteiger partial charge in [0.25, 0.3) is 0 Å². The molecule has 0 bridgehead atoms. The number of thiazole rings is 1. The van der Waals surface area contributed by atoms with Crippen LogP contribution in [-0.2, 0) is 4.74 Å². The summed E-state index contributed by atoms with van der Waals surface area (Å²) in [5.41, 5.74) is 0.786. The summed E-state index contributed by atoms with van der Waals surface area (Å²) >= 11 is 1.46. The molecular formula is C13H19N3O2S. The fourth-order valence-corrected chi connectivity index (χ4v) is 3.89. The largest absolute Gasteiger partial charge is 0.462 e. The minimum atomic E-state index is -0.246. The topological polar surface area (TPSA) is 54.5 Å². The second-order valence-electron chi connectivity index (χ2n) is 5.21. The molecular weight excluding hydrogens is 262 g/mol. The van der Waals surface area contributed by atoms with E-state index in [1.807, 2.05) is 13.8 Å². The molecule has 1 aromatic rings. The molecule has 2 saturated heterocycles. The number of carbonyl (C=O) groups is 1. The van der Waals surface area contributed by atoms with E-state index in [4.69, 9.17) is 4.74 Å². The predicted octanol–water partition coefficient (Wildman–Crippen LogP) is 1.28. The van der Waals surface area contributed by atoms with Gasteiger partial charge in [0, 0.05) is 26.2 Å². The molecule has 1 aromatic heterocycles. The zero-order chi connectivity index (χ0) is 13.4. The maximum atomic E-state index is 11.8. The van der Waals surface area contributed by atoms with Crippen molar-refractivity contribution < 1.29 is 9.53 Å². The van der Waals surface area contributed by atoms with Gasteiger partial charge in [-0.25, -0.2) is 9.78 Å². The van der Waals surface area contributed by atoms with Gasteiger partial charge in [-0.15, -0.1) is 0 Å². The molecule has 2 unspecified atom stereocenters. The average molecular weight is 281 g/mol. The van der Waals surface area contributed by atoms with E-state index in [0.29, 0.717) is 11.5 Å². The number of esters is 1. The summed E-state index contributed by atoms with van der Waals surface area (Å²) < 4.78 is 5.06. The van der Waals surface area contributed by atoms with Crippen molar-refractivity contribution in [2.24, 2.45) is 11.8 Å². The summed E-state index contributed by atoms with van der Waals surface area (Å²) in [6.45, 7) is 8.42. The molecule has 2 aliphatic heterocycles. The molecule has 0 aromatic carbocycles. The highest BCUT2D eigenvalue weighted by molar-refractivity contribution is 7.17. The van der Waals surface area contributed by atoms with Crippen molar-refractivity contribution in [1.29, 1.82) is 0 Å². The van der Waals surface area contributed by atoms with Crippen LogP contribution in [0.4, 0.5) is 5.13 Å². The van der Waals surface area contributed by atoms with Crippen LogP contribution in [0.5, 0.6) is 0 Å². The first-order chi connectivity index (χ1) is 9.19. The third-order valence-electron chi connectivity index (χ3n) is 3.91. The Morgan fingerprint density at radius 2 is 2.16 bits per heavy atom. The Hall–Kier alpha value is -1.14. The Morgan fingerprint density at radius 3 is 2.79 bits per heavy atom. The number of nitrogens with zero attached hydrogens (tertiary/aromatic N) is 2. The molecule has 6 heteroatoms. The number of nitrogens with one attached hydrogen (secondary N) is 1. The maximum Gasteiger partial charge on any atom is 0.350 e. The number of fused-ring (bicyclic) bond motifs is 1. The van der Waals surface area contributed by atoms with E-state index in [-0.39, 0.29) is 5.97 Å². The first-order valence-corrected chi connectivity index (χ1v) is 7.61. The van der Waals surface area contributed by atoms with Crippen molar-refractivity contribution in [3.05, 3.63) is 10.6 Å².